The highest BCUT2D eigenvalue weighted by Gasteiger charge is 2.14. The van der Waals surface area contributed by atoms with Gasteiger partial charge in [0.15, 0.2) is 0 Å². The van der Waals surface area contributed by atoms with E-state index in [0.717, 1.165) is 38.4 Å². The van der Waals surface area contributed by atoms with Gasteiger partial charge in [-0.2, -0.15) is 0 Å². The number of nitrogens with zero attached hydrogens (tertiary/aromatic N) is 1. The molecule has 98 valence electrons. The van der Waals surface area contributed by atoms with Gasteiger partial charge in [0.2, 0.25) is 0 Å². The molecule has 1 aromatic carbocycles. The summed E-state index contributed by atoms with van der Waals surface area (Å²) in [5.41, 5.74) is 1.25. The Hall–Kier alpha value is -1.59. The average Bonchev–Trinajstić information content (AvgIpc) is 2.40. The molecule has 0 bridgehead atoms. The Labute approximate surface area is 106 Å². The molecule has 0 spiro atoms. The van der Waals surface area contributed by atoms with E-state index >= 15 is 0 Å². The summed E-state index contributed by atoms with van der Waals surface area (Å²) in [6.45, 7) is 4.03. The molecule has 1 fully saturated rings. The fraction of sp³-hybridized carbons (Fsp3) is 0.462. The fourth-order valence-electron chi connectivity index (χ4n) is 2.01. The van der Waals surface area contributed by atoms with E-state index in [1.54, 1.807) is 19.2 Å². The van der Waals surface area contributed by atoms with Crippen LogP contribution in [0.15, 0.2) is 18.2 Å². The molecule has 5 heteroatoms. The summed E-state index contributed by atoms with van der Waals surface area (Å²) in [5.74, 6) is -0.312. The second-order valence-corrected chi connectivity index (χ2v) is 4.22. The lowest BCUT2D eigenvalue weighted by Crippen LogP contribution is -2.35. The Morgan fingerprint density at radius 3 is 2.78 bits per heavy atom. The number of methoxy groups -OCH3 is 1. The first-order valence-electron chi connectivity index (χ1n) is 5.91. The highest BCUT2D eigenvalue weighted by Crippen LogP contribution is 2.22. The molecule has 0 amide bonds. The van der Waals surface area contributed by atoms with Gasteiger partial charge in [-0.05, 0) is 12.1 Å². The fourth-order valence-corrected chi connectivity index (χ4v) is 2.01. The minimum atomic E-state index is -0.939. The monoisotopic (exact) mass is 251 g/mol. The Kier molecular flexibility index (Phi) is 4.17. The Morgan fingerprint density at radius 1 is 1.44 bits per heavy atom. The molecule has 1 aliphatic heterocycles. The SMILES string of the molecule is COc1cc(C(=O)O)ccc1CN1CCOCC1. The third-order valence-electron chi connectivity index (χ3n) is 3.03. The van der Waals surface area contributed by atoms with Crippen molar-refractivity contribution < 1.29 is 19.4 Å². The second kappa shape index (κ2) is 5.84. The van der Waals surface area contributed by atoms with Gasteiger partial charge >= 0.3 is 5.97 Å². The predicted octanol–water partition coefficient (Wildman–Crippen LogP) is 1.23. The molecule has 1 heterocycles. The van der Waals surface area contributed by atoms with E-state index in [4.69, 9.17) is 14.6 Å². The second-order valence-electron chi connectivity index (χ2n) is 4.22. The van der Waals surface area contributed by atoms with Crippen LogP contribution in [0.2, 0.25) is 0 Å². The number of morpholine rings is 1. The number of carbonyl (C=O) groups is 1. The summed E-state index contributed by atoms with van der Waals surface area (Å²) < 4.78 is 10.6. The number of aromatic carboxylic acids is 1. The molecule has 1 saturated heterocycles. The number of benzene rings is 1. The molecular formula is C13H17NO4. The minimum absolute atomic E-state index is 0.248. The maximum absolute atomic E-state index is 10.9. The lowest BCUT2D eigenvalue weighted by molar-refractivity contribution is 0.0339. The number of carboxylic acids is 1. The summed E-state index contributed by atoms with van der Waals surface area (Å²) in [4.78, 5) is 13.2. The highest BCUT2D eigenvalue weighted by atomic mass is 16.5. The largest absolute Gasteiger partial charge is 0.496 e. The maximum atomic E-state index is 10.9. The van der Waals surface area contributed by atoms with Gasteiger partial charge in [-0.3, -0.25) is 4.90 Å². The van der Waals surface area contributed by atoms with Crippen molar-refractivity contribution in [2.75, 3.05) is 33.4 Å². The van der Waals surface area contributed by atoms with Gasteiger partial charge in [0.25, 0.3) is 0 Å². The molecule has 1 aliphatic rings. The zero-order valence-corrected chi connectivity index (χ0v) is 10.4. The molecule has 5 nitrogen and oxygen atoms in total. The molecule has 0 unspecified atom stereocenters. The van der Waals surface area contributed by atoms with Gasteiger partial charge in [0, 0.05) is 25.2 Å². The van der Waals surface area contributed by atoms with Crippen molar-refractivity contribution in [2.24, 2.45) is 0 Å². The number of hydrogen-bond donors (Lipinski definition) is 1. The third kappa shape index (κ3) is 3.00. The van der Waals surface area contributed by atoms with Crippen LogP contribution in [0.5, 0.6) is 5.75 Å². The first-order chi connectivity index (χ1) is 8.70. The van der Waals surface area contributed by atoms with E-state index < -0.39 is 5.97 Å². The number of hydrogen-bond acceptors (Lipinski definition) is 4. The minimum Gasteiger partial charge on any atom is -0.496 e. The van der Waals surface area contributed by atoms with Crippen LogP contribution in [0.1, 0.15) is 15.9 Å². The molecular weight excluding hydrogens is 234 g/mol. The highest BCUT2D eigenvalue weighted by molar-refractivity contribution is 5.88. The van der Waals surface area contributed by atoms with Crippen LogP contribution < -0.4 is 4.74 Å². The Balaban J connectivity index is 2.13. The van der Waals surface area contributed by atoms with Crippen LogP contribution in [-0.4, -0.2) is 49.4 Å². The normalized spacial score (nSPS) is 16.5. The van der Waals surface area contributed by atoms with Crippen molar-refractivity contribution in [1.29, 1.82) is 0 Å². The molecule has 0 saturated carbocycles. The quantitative estimate of drug-likeness (QED) is 0.872. The van der Waals surface area contributed by atoms with Gasteiger partial charge in [-0.25, -0.2) is 4.79 Å². The van der Waals surface area contributed by atoms with Crippen molar-refractivity contribution in [3.8, 4) is 5.75 Å². The molecule has 1 N–H and O–H groups in total. The molecule has 0 atom stereocenters. The smallest absolute Gasteiger partial charge is 0.335 e. The summed E-state index contributed by atoms with van der Waals surface area (Å²) in [6.07, 6.45) is 0. The van der Waals surface area contributed by atoms with Crippen LogP contribution in [0.3, 0.4) is 0 Å². The number of rotatable bonds is 4. The van der Waals surface area contributed by atoms with E-state index in [1.165, 1.54) is 0 Å². The molecule has 0 aliphatic carbocycles. The first kappa shape index (κ1) is 12.9. The zero-order chi connectivity index (χ0) is 13.0. The van der Waals surface area contributed by atoms with E-state index in [9.17, 15) is 4.79 Å². The van der Waals surface area contributed by atoms with Gasteiger partial charge in [-0.1, -0.05) is 6.07 Å². The van der Waals surface area contributed by atoms with Crippen LogP contribution in [-0.2, 0) is 11.3 Å². The summed E-state index contributed by atoms with van der Waals surface area (Å²) >= 11 is 0. The van der Waals surface area contributed by atoms with Gasteiger partial charge in [0.1, 0.15) is 5.75 Å². The van der Waals surface area contributed by atoms with E-state index in [0.29, 0.717) is 5.75 Å². The lowest BCUT2D eigenvalue weighted by atomic mass is 10.1. The topological polar surface area (TPSA) is 59.0 Å². The van der Waals surface area contributed by atoms with E-state index in [2.05, 4.69) is 4.90 Å². The molecule has 2 rings (SSSR count). The van der Waals surface area contributed by atoms with Crippen molar-refractivity contribution in [3.05, 3.63) is 29.3 Å². The maximum Gasteiger partial charge on any atom is 0.335 e. The summed E-state index contributed by atoms with van der Waals surface area (Å²) in [5, 5.41) is 8.93. The lowest BCUT2D eigenvalue weighted by Gasteiger charge is -2.27. The Morgan fingerprint density at radius 2 is 2.17 bits per heavy atom. The first-order valence-corrected chi connectivity index (χ1v) is 5.91. The van der Waals surface area contributed by atoms with E-state index in [-0.39, 0.29) is 5.56 Å². The Bertz CT molecular complexity index is 427. The zero-order valence-electron chi connectivity index (χ0n) is 10.4. The number of ether oxygens (including phenoxy) is 2. The van der Waals surface area contributed by atoms with E-state index in [1.807, 2.05) is 6.07 Å². The predicted molar refractivity (Wildman–Crippen MR) is 66.0 cm³/mol. The van der Waals surface area contributed by atoms with Gasteiger partial charge in [-0.15, -0.1) is 0 Å². The summed E-state index contributed by atoms with van der Waals surface area (Å²) in [6, 6.07) is 5.00. The molecule has 1 aromatic rings. The number of carboxylic acid groups (broad SMARTS) is 1. The molecule has 0 radical (unpaired) electrons. The molecule has 0 aromatic heterocycles. The van der Waals surface area contributed by atoms with Crippen molar-refractivity contribution in [2.45, 2.75) is 6.54 Å². The van der Waals surface area contributed by atoms with Gasteiger partial charge < -0.3 is 14.6 Å². The van der Waals surface area contributed by atoms with Crippen LogP contribution >= 0.6 is 0 Å². The molecule has 18 heavy (non-hydrogen) atoms. The van der Waals surface area contributed by atoms with Crippen LogP contribution in [0.25, 0.3) is 0 Å². The van der Waals surface area contributed by atoms with Crippen molar-refractivity contribution in [1.82, 2.24) is 4.90 Å². The third-order valence-corrected chi connectivity index (χ3v) is 3.03. The van der Waals surface area contributed by atoms with Crippen molar-refractivity contribution in [3.63, 3.8) is 0 Å². The summed E-state index contributed by atoms with van der Waals surface area (Å²) in [7, 11) is 1.56. The standard InChI is InChI=1S/C13H17NO4/c1-17-12-8-10(13(15)16)2-3-11(12)9-14-4-6-18-7-5-14/h2-3,8H,4-7,9H2,1H3,(H,15,16). The average molecular weight is 251 g/mol. The van der Waals surface area contributed by atoms with Crippen LogP contribution in [0.4, 0.5) is 0 Å². The van der Waals surface area contributed by atoms with Crippen LogP contribution in [0, 0.1) is 0 Å². The van der Waals surface area contributed by atoms with Crippen molar-refractivity contribution >= 4 is 5.97 Å². The van der Waals surface area contributed by atoms with Gasteiger partial charge in [0.05, 0.1) is 25.9 Å².